The van der Waals surface area contributed by atoms with E-state index >= 15 is 0 Å². The lowest BCUT2D eigenvalue weighted by Gasteiger charge is -2.03. The molecule has 0 unspecified atom stereocenters. The lowest BCUT2D eigenvalue weighted by Crippen LogP contribution is -1.84. The summed E-state index contributed by atoms with van der Waals surface area (Å²) >= 11 is 3.59. The number of ether oxygens (including phenoxy) is 1. The van der Waals surface area contributed by atoms with Crippen LogP contribution in [0.15, 0.2) is 54.6 Å². The zero-order valence-corrected chi connectivity index (χ0v) is 11.1. The first kappa shape index (κ1) is 11.9. The van der Waals surface area contributed by atoms with Gasteiger partial charge < -0.3 is 4.74 Å². The molecule has 0 spiro atoms. The third-order valence-electron chi connectivity index (χ3n) is 2.44. The van der Waals surface area contributed by atoms with E-state index in [9.17, 15) is 0 Å². The van der Waals surface area contributed by atoms with Crippen molar-refractivity contribution in [2.45, 2.75) is 0 Å². The maximum Gasteiger partial charge on any atom is 0.119 e. The Hall–Kier alpha value is -1.54. The molecule has 0 amide bonds. The van der Waals surface area contributed by atoms with Crippen LogP contribution in [-0.2, 0) is 0 Å². The van der Waals surface area contributed by atoms with Crippen molar-refractivity contribution < 1.29 is 4.74 Å². The summed E-state index contributed by atoms with van der Waals surface area (Å²) in [5.74, 6) is 0.862. The highest BCUT2D eigenvalue weighted by Gasteiger charge is 1.99. The molecule has 2 aromatic rings. The fourth-order valence-electron chi connectivity index (χ4n) is 1.55. The van der Waals surface area contributed by atoms with Gasteiger partial charge in [0.05, 0.1) is 7.11 Å². The van der Waals surface area contributed by atoms with Crippen molar-refractivity contribution in [1.82, 2.24) is 0 Å². The first-order valence-electron chi connectivity index (χ1n) is 5.36. The summed E-state index contributed by atoms with van der Waals surface area (Å²) in [6.45, 7) is 0. The van der Waals surface area contributed by atoms with E-state index in [0.717, 1.165) is 15.8 Å². The van der Waals surface area contributed by atoms with Gasteiger partial charge in [-0.15, -0.1) is 0 Å². The summed E-state index contributed by atoms with van der Waals surface area (Å²) in [7, 11) is 1.67. The highest BCUT2D eigenvalue weighted by molar-refractivity contribution is 9.15. The molecular weight excluding hydrogens is 276 g/mol. The first-order chi connectivity index (χ1) is 8.29. The Morgan fingerprint density at radius 2 is 1.82 bits per heavy atom. The van der Waals surface area contributed by atoms with Gasteiger partial charge >= 0.3 is 0 Å². The lowest BCUT2D eigenvalue weighted by molar-refractivity contribution is 0.414. The van der Waals surface area contributed by atoms with Crippen molar-refractivity contribution in [1.29, 1.82) is 0 Å². The second kappa shape index (κ2) is 5.69. The largest absolute Gasteiger partial charge is 0.497 e. The smallest absolute Gasteiger partial charge is 0.119 e. The molecule has 2 rings (SSSR count). The van der Waals surface area contributed by atoms with E-state index in [0.29, 0.717) is 0 Å². The predicted molar refractivity (Wildman–Crippen MR) is 76.2 cm³/mol. The molecular formula is C15H13BrO. The van der Waals surface area contributed by atoms with Gasteiger partial charge in [0.15, 0.2) is 0 Å². The monoisotopic (exact) mass is 288 g/mol. The molecule has 0 radical (unpaired) electrons. The van der Waals surface area contributed by atoms with Gasteiger partial charge in [-0.05, 0) is 29.3 Å². The van der Waals surface area contributed by atoms with Crippen molar-refractivity contribution >= 4 is 26.5 Å². The predicted octanol–water partition coefficient (Wildman–Crippen LogP) is 4.59. The summed E-state index contributed by atoms with van der Waals surface area (Å²) < 4.78 is 6.25. The molecule has 0 fully saturated rings. The zero-order chi connectivity index (χ0) is 12.1. The third kappa shape index (κ3) is 3.21. The molecule has 0 N–H and O–H groups in total. The molecule has 0 saturated heterocycles. The minimum Gasteiger partial charge on any atom is -0.497 e. The molecule has 1 nitrogen and oxygen atoms in total. The van der Waals surface area contributed by atoms with Crippen molar-refractivity contribution in [3.63, 3.8) is 0 Å². The molecule has 0 atom stereocenters. The van der Waals surface area contributed by atoms with Gasteiger partial charge in [-0.3, -0.25) is 0 Å². The molecule has 0 bridgehead atoms. The van der Waals surface area contributed by atoms with Crippen LogP contribution in [0, 0.1) is 0 Å². The van der Waals surface area contributed by atoms with E-state index < -0.39 is 0 Å². The molecule has 17 heavy (non-hydrogen) atoms. The maximum absolute atomic E-state index is 5.21. The minimum absolute atomic E-state index is 0.862. The molecule has 0 saturated carbocycles. The SMILES string of the molecule is COc1cccc(/C(Br)=C/c2ccccc2)c1. The van der Waals surface area contributed by atoms with Crippen LogP contribution < -0.4 is 4.74 Å². The second-order valence-corrected chi connectivity index (χ2v) is 4.49. The van der Waals surface area contributed by atoms with Crippen LogP contribution in [0.4, 0.5) is 0 Å². The first-order valence-corrected chi connectivity index (χ1v) is 6.15. The number of hydrogen-bond acceptors (Lipinski definition) is 1. The van der Waals surface area contributed by atoms with Crippen molar-refractivity contribution in [3.05, 3.63) is 65.7 Å². The Bertz CT molecular complexity index is 517. The Kier molecular flexibility index (Phi) is 3.99. The molecule has 86 valence electrons. The minimum atomic E-state index is 0.862. The topological polar surface area (TPSA) is 9.23 Å². The Morgan fingerprint density at radius 3 is 2.53 bits per heavy atom. The van der Waals surface area contributed by atoms with Gasteiger partial charge in [0, 0.05) is 4.48 Å². The summed E-state index contributed by atoms with van der Waals surface area (Å²) in [5, 5.41) is 0. The quantitative estimate of drug-likeness (QED) is 0.751. The Balaban J connectivity index is 2.30. The second-order valence-electron chi connectivity index (χ2n) is 3.63. The molecule has 0 heterocycles. The number of rotatable bonds is 3. The van der Waals surface area contributed by atoms with E-state index in [1.54, 1.807) is 7.11 Å². The highest BCUT2D eigenvalue weighted by atomic mass is 79.9. The average molecular weight is 289 g/mol. The fraction of sp³-hybridized carbons (Fsp3) is 0.0667. The average Bonchev–Trinajstić information content (AvgIpc) is 2.40. The maximum atomic E-state index is 5.21. The van der Waals surface area contributed by atoms with Crippen LogP contribution in [0.25, 0.3) is 10.6 Å². The van der Waals surface area contributed by atoms with Crippen molar-refractivity contribution in [3.8, 4) is 5.75 Å². The summed E-state index contributed by atoms with van der Waals surface area (Å²) in [6, 6.07) is 18.2. The third-order valence-corrected chi connectivity index (χ3v) is 3.13. The van der Waals surface area contributed by atoms with Crippen molar-refractivity contribution in [2.24, 2.45) is 0 Å². The highest BCUT2D eigenvalue weighted by Crippen LogP contribution is 2.26. The fourth-order valence-corrected chi connectivity index (χ4v) is 2.06. The Morgan fingerprint density at radius 1 is 1.06 bits per heavy atom. The molecule has 2 heteroatoms. The Labute approximate surface area is 110 Å². The van der Waals surface area contributed by atoms with Crippen LogP contribution in [0.3, 0.4) is 0 Å². The molecule has 0 aliphatic carbocycles. The van der Waals surface area contributed by atoms with Crippen LogP contribution >= 0.6 is 15.9 Å². The van der Waals surface area contributed by atoms with Crippen LogP contribution in [0.1, 0.15) is 11.1 Å². The van der Waals surface area contributed by atoms with Crippen LogP contribution in [0.5, 0.6) is 5.75 Å². The van der Waals surface area contributed by atoms with Gasteiger partial charge in [0.25, 0.3) is 0 Å². The van der Waals surface area contributed by atoms with E-state index in [1.165, 1.54) is 5.56 Å². The summed E-state index contributed by atoms with van der Waals surface area (Å²) in [5.41, 5.74) is 2.27. The molecule has 0 aliphatic heterocycles. The summed E-state index contributed by atoms with van der Waals surface area (Å²) in [6.07, 6.45) is 2.09. The van der Waals surface area contributed by atoms with Gasteiger partial charge in [0.1, 0.15) is 5.75 Å². The van der Waals surface area contributed by atoms with Gasteiger partial charge in [-0.2, -0.15) is 0 Å². The van der Waals surface area contributed by atoms with E-state index in [2.05, 4.69) is 34.1 Å². The van der Waals surface area contributed by atoms with Gasteiger partial charge in [-0.1, -0.05) is 58.4 Å². The molecule has 0 aromatic heterocycles. The van der Waals surface area contributed by atoms with E-state index in [4.69, 9.17) is 4.74 Å². The number of benzene rings is 2. The zero-order valence-electron chi connectivity index (χ0n) is 9.56. The van der Waals surface area contributed by atoms with Crippen molar-refractivity contribution in [2.75, 3.05) is 7.11 Å². The lowest BCUT2D eigenvalue weighted by atomic mass is 10.1. The van der Waals surface area contributed by atoms with E-state index in [1.807, 2.05) is 42.5 Å². The van der Waals surface area contributed by atoms with Crippen LogP contribution in [-0.4, -0.2) is 7.11 Å². The summed E-state index contributed by atoms with van der Waals surface area (Å²) in [4.78, 5) is 0. The van der Waals surface area contributed by atoms with E-state index in [-0.39, 0.29) is 0 Å². The molecule has 2 aromatic carbocycles. The van der Waals surface area contributed by atoms with Gasteiger partial charge in [-0.25, -0.2) is 0 Å². The number of methoxy groups -OCH3 is 1. The standard InChI is InChI=1S/C15H13BrO/c1-17-14-9-5-8-13(11-14)15(16)10-12-6-3-2-4-7-12/h2-11H,1H3/b15-10-. The van der Waals surface area contributed by atoms with Crippen LogP contribution in [0.2, 0.25) is 0 Å². The number of halogens is 1. The normalized spacial score (nSPS) is 11.3. The molecule has 0 aliphatic rings. The van der Waals surface area contributed by atoms with Gasteiger partial charge in [0.2, 0.25) is 0 Å². The number of hydrogen-bond donors (Lipinski definition) is 0.